The molecule has 2 amide bonds. The second-order valence-electron chi connectivity index (χ2n) is 9.16. The average Bonchev–Trinajstić information content (AvgIpc) is 2.78. The minimum absolute atomic E-state index is 0.0122. The van der Waals surface area contributed by atoms with Gasteiger partial charge in [-0.1, -0.05) is 44.5 Å². The first-order valence-corrected chi connectivity index (χ1v) is 11.5. The summed E-state index contributed by atoms with van der Waals surface area (Å²) in [6, 6.07) is 11.6. The van der Waals surface area contributed by atoms with Gasteiger partial charge in [0.1, 0.15) is 0 Å². The molecule has 2 aromatic carbocycles. The van der Waals surface area contributed by atoms with Crippen LogP contribution in [0.15, 0.2) is 42.5 Å². The SMILES string of the molecule is CC1(C)CS(=O)(=O)N(c2ccc(Cl)c(C(=O)Nc3ccc(C(C)(C)C)cc3)c2)C1=O. The second kappa shape index (κ2) is 7.39. The number of nitrogens with zero attached hydrogens (tertiary/aromatic N) is 1. The molecular weight excluding hydrogens is 424 g/mol. The zero-order valence-corrected chi connectivity index (χ0v) is 19.2. The highest BCUT2D eigenvalue weighted by Gasteiger charge is 2.50. The Hall–Kier alpha value is -2.38. The summed E-state index contributed by atoms with van der Waals surface area (Å²) in [4.78, 5) is 25.4. The van der Waals surface area contributed by atoms with Crippen LogP contribution in [0.1, 0.15) is 50.5 Å². The van der Waals surface area contributed by atoms with Gasteiger partial charge in [0.05, 0.1) is 27.4 Å². The summed E-state index contributed by atoms with van der Waals surface area (Å²) in [6.07, 6.45) is 0. The topological polar surface area (TPSA) is 83.6 Å². The summed E-state index contributed by atoms with van der Waals surface area (Å²) in [7, 11) is -3.82. The highest BCUT2D eigenvalue weighted by atomic mass is 35.5. The predicted octanol–water partition coefficient (Wildman–Crippen LogP) is 4.59. The molecule has 0 radical (unpaired) electrons. The Labute approximate surface area is 182 Å². The Morgan fingerprint density at radius 3 is 2.20 bits per heavy atom. The molecule has 1 heterocycles. The molecule has 0 atom stereocenters. The lowest BCUT2D eigenvalue weighted by atomic mass is 9.87. The van der Waals surface area contributed by atoms with Crippen LogP contribution >= 0.6 is 11.6 Å². The van der Waals surface area contributed by atoms with Crippen LogP contribution in [0.3, 0.4) is 0 Å². The quantitative estimate of drug-likeness (QED) is 0.744. The molecule has 0 unspecified atom stereocenters. The van der Waals surface area contributed by atoms with Gasteiger partial charge in [-0.2, -0.15) is 0 Å². The van der Waals surface area contributed by atoms with E-state index in [4.69, 9.17) is 11.6 Å². The highest BCUT2D eigenvalue weighted by molar-refractivity contribution is 7.94. The largest absolute Gasteiger partial charge is 0.322 e. The lowest BCUT2D eigenvalue weighted by molar-refractivity contribution is -0.123. The first kappa shape index (κ1) is 22.3. The Morgan fingerprint density at radius 1 is 1.10 bits per heavy atom. The number of rotatable bonds is 3. The van der Waals surface area contributed by atoms with Gasteiger partial charge < -0.3 is 5.32 Å². The Kier molecular flexibility index (Phi) is 5.50. The number of benzene rings is 2. The van der Waals surface area contributed by atoms with Crippen LogP contribution in [0.2, 0.25) is 5.02 Å². The van der Waals surface area contributed by atoms with E-state index in [0.29, 0.717) is 5.69 Å². The fourth-order valence-electron chi connectivity index (χ4n) is 3.33. The van der Waals surface area contributed by atoms with E-state index in [1.807, 2.05) is 12.1 Å². The van der Waals surface area contributed by atoms with Gasteiger partial charge in [0.25, 0.3) is 5.91 Å². The van der Waals surface area contributed by atoms with Gasteiger partial charge in [-0.3, -0.25) is 9.59 Å². The van der Waals surface area contributed by atoms with E-state index in [-0.39, 0.29) is 27.4 Å². The first-order valence-electron chi connectivity index (χ1n) is 9.51. The zero-order chi connectivity index (χ0) is 22.5. The summed E-state index contributed by atoms with van der Waals surface area (Å²) in [5.41, 5.74) is 0.851. The number of sulfonamides is 1. The van der Waals surface area contributed by atoms with E-state index in [9.17, 15) is 18.0 Å². The number of hydrogen-bond acceptors (Lipinski definition) is 4. The number of hydrogen-bond donors (Lipinski definition) is 1. The number of halogens is 1. The summed E-state index contributed by atoms with van der Waals surface area (Å²) in [6.45, 7) is 9.46. The molecule has 160 valence electrons. The number of carbonyl (C=O) groups excluding carboxylic acids is 2. The molecule has 0 aromatic heterocycles. The van der Waals surface area contributed by atoms with Crippen molar-refractivity contribution >= 4 is 44.8 Å². The van der Waals surface area contributed by atoms with Crippen LogP contribution in [0.25, 0.3) is 0 Å². The van der Waals surface area contributed by atoms with Gasteiger partial charge in [-0.15, -0.1) is 0 Å². The van der Waals surface area contributed by atoms with E-state index in [1.54, 1.807) is 26.0 Å². The summed E-state index contributed by atoms with van der Waals surface area (Å²) >= 11 is 6.20. The molecule has 0 spiro atoms. The van der Waals surface area contributed by atoms with Gasteiger partial charge in [0.2, 0.25) is 15.9 Å². The summed E-state index contributed by atoms with van der Waals surface area (Å²) < 4.78 is 25.8. The highest BCUT2D eigenvalue weighted by Crippen LogP contribution is 2.37. The number of carbonyl (C=O) groups is 2. The van der Waals surface area contributed by atoms with E-state index in [0.717, 1.165) is 9.87 Å². The van der Waals surface area contributed by atoms with Crippen molar-refractivity contribution in [3.8, 4) is 0 Å². The maximum atomic E-state index is 12.8. The fourth-order valence-corrected chi connectivity index (χ4v) is 5.63. The van der Waals surface area contributed by atoms with Crippen molar-refractivity contribution in [2.75, 3.05) is 15.4 Å². The van der Waals surface area contributed by atoms with Gasteiger partial charge in [-0.25, -0.2) is 12.7 Å². The van der Waals surface area contributed by atoms with Crippen LogP contribution in [0.4, 0.5) is 11.4 Å². The van der Waals surface area contributed by atoms with Crippen molar-refractivity contribution in [3.63, 3.8) is 0 Å². The molecule has 1 N–H and O–H groups in total. The predicted molar refractivity (Wildman–Crippen MR) is 120 cm³/mol. The molecule has 0 aliphatic carbocycles. The van der Waals surface area contributed by atoms with Crippen LogP contribution in [-0.2, 0) is 20.2 Å². The zero-order valence-electron chi connectivity index (χ0n) is 17.6. The van der Waals surface area contributed by atoms with Crippen LogP contribution in [0, 0.1) is 5.41 Å². The molecule has 0 saturated carbocycles. The molecule has 2 aromatic rings. The molecule has 8 heteroatoms. The number of anilines is 2. The third-order valence-corrected chi connectivity index (χ3v) is 7.37. The second-order valence-corrected chi connectivity index (χ2v) is 11.4. The summed E-state index contributed by atoms with van der Waals surface area (Å²) in [5.74, 6) is -1.31. The van der Waals surface area contributed by atoms with Gasteiger partial charge in [0.15, 0.2) is 0 Å². The minimum Gasteiger partial charge on any atom is -0.322 e. The van der Waals surface area contributed by atoms with Crippen molar-refractivity contribution in [2.45, 2.75) is 40.0 Å². The molecule has 30 heavy (non-hydrogen) atoms. The van der Waals surface area contributed by atoms with Crippen molar-refractivity contribution in [1.82, 2.24) is 0 Å². The minimum atomic E-state index is -3.82. The van der Waals surface area contributed by atoms with E-state index in [2.05, 4.69) is 26.1 Å². The average molecular weight is 449 g/mol. The maximum absolute atomic E-state index is 12.8. The lowest BCUT2D eigenvalue weighted by Crippen LogP contribution is -2.33. The van der Waals surface area contributed by atoms with E-state index in [1.165, 1.54) is 18.2 Å². The third kappa shape index (κ3) is 4.23. The molecule has 6 nitrogen and oxygen atoms in total. The Morgan fingerprint density at radius 2 is 1.70 bits per heavy atom. The third-order valence-electron chi connectivity index (χ3n) is 5.02. The van der Waals surface area contributed by atoms with Crippen molar-refractivity contribution in [2.24, 2.45) is 5.41 Å². The van der Waals surface area contributed by atoms with Gasteiger partial charge >= 0.3 is 0 Å². The molecule has 1 fully saturated rings. The molecule has 0 bridgehead atoms. The molecule has 1 aliphatic rings. The first-order chi connectivity index (χ1) is 13.7. The molecular formula is C22H25ClN2O4S. The standard InChI is InChI=1S/C22H25ClN2O4S/c1-21(2,3)14-6-8-15(9-7-14)24-19(26)17-12-16(10-11-18(17)23)25-20(27)22(4,5)13-30(25,28)29/h6-12H,13H2,1-5H3,(H,24,26). The Balaban J connectivity index is 1.90. The van der Waals surface area contributed by atoms with Gasteiger partial charge in [-0.05, 0) is 55.2 Å². The molecule has 1 saturated heterocycles. The smallest absolute Gasteiger partial charge is 0.257 e. The summed E-state index contributed by atoms with van der Waals surface area (Å²) in [5, 5.41) is 2.93. The van der Waals surface area contributed by atoms with Crippen molar-refractivity contribution in [1.29, 1.82) is 0 Å². The normalized spacial score (nSPS) is 17.8. The monoisotopic (exact) mass is 448 g/mol. The van der Waals surface area contributed by atoms with Crippen LogP contribution in [0.5, 0.6) is 0 Å². The van der Waals surface area contributed by atoms with Gasteiger partial charge in [0, 0.05) is 5.69 Å². The number of amides is 2. The maximum Gasteiger partial charge on any atom is 0.257 e. The number of nitrogens with one attached hydrogen (secondary N) is 1. The van der Waals surface area contributed by atoms with Crippen molar-refractivity contribution in [3.05, 3.63) is 58.6 Å². The van der Waals surface area contributed by atoms with E-state index < -0.39 is 27.3 Å². The lowest BCUT2D eigenvalue weighted by Gasteiger charge is -2.19. The van der Waals surface area contributed by atoms with E-state index >= 15 is 0 Å². The molecule has 3 rings (SSSR count). The fraction of sp³-hybridized carbons (Fsp3) is 0.364. The van der Waals surface area contributed by atoms with Crippen molar-refractivity contribution < 1.29 is 18.0 Å². The molecule has 1 aliphatic heterocycles. The Bertz CT molecular complexity index is 1120. The van der Waals surface area contributed by atoms with Crippen LogP contribution < -0.4 is 9.62 Å². The van der Waals surface area contributed by atoms with Crippen LogP contribution in [-0.4, -0.2) is 26.0 Å².